The van der Waals surface area contributed by atoms with E-state index in [1.807, 2.05) is 7.05 Å². The minimum Gasteiger partial charge on any atom is -0.299 e. The van der Waals surface area contributed by atoms with Gasteiger partial charge in [-0.15, -0.1) is 11.6 Å². The van der Waals surface area contributed by atoms with E-state index in [0.717, 1.165) is 13.0 Å². The lowest BCUT2D eigenvalue weighted by Gasteiger charge is -2.44. The number of sulfonamides is 1. The van der Waals surface area contributed by atoms with Crippen molar-refractivity contribution in [3.8, 4) is 0 Å². The van der Waals surface area contributed by atoms with Gasteiger partial charge in [-0.25, -0.2) is 8.42 Å². The van der Waals surface area contributed by atoms with Gasteiger partial charge in [0.15, 0.2) is 0 Å². The zero-order valence-corrected chi connectivity index (χ0v) is 12.5. The second-order valence-electron chi connectivity index (χ2n) is 5.28. The van der Waals surface area contributed by atoms with Crippen LogP contribution >= 0.6 is 11.6 Å². The molecule has 0 spiro atoms. The fraction of sp³-hybridized carbons (Fsp3) is 1.00. The molecule has 0 amide bonds. The van der Waals surface area contributed by atoms with E-state index in [1.54, 1.807) is 4.31 Å². The average molecular weight is 283 g/mol. The summed E-state index contributed by atoms with van der Waals surface area (Å²) < 4.78 is 25.9. The van der Waals surface area contributed by atoms with Crippen molar-refractivity contribution >= 4 is 21.6 Å². The van der Waals surface area contributed by atoms with Crippen molar-refractivity contribution in [2.45, 2.75) is 32.2 Å². The monoisotopic (exact) mass is 282 g/mol. The second kappa shape index (κ2) is 5.87. The van der Waals surface area contributed by atoms with Gasteiger partial charge in [0.25, 0.3) is 0 Å². The van der Waals surface area contributed by atoms with E-state index in [0.29, 0.717) is 25.4 Å². The Hall–Kier alpha value is 0.160. The molecule has 0 aromatic heterocycles. The Labute approximate surface area is 110 Å². The molecule has 1 fully saturated rings. The van der Waals surface area contributed by atoms with Gasteiger partial charge in [0.1, 0.15) is 0 Å². The molecule has 17 heavy (non-hydrogen) atoms. The summed E-state index contributed by atoms with van der Waals surface area (Å²) in [5.41, 5.74) is -0.0855. The number of rotatable bonds is 5. The lowest BCUT2D eigenvalue weighted by atomic mass is 10.0. The van der Waals surface area contributed by atoms with Crippen LogP contribution in [0.3, 0.4) is 0 Å². The van der Waals surface area contributed by atoms with Crippen molar-refractivity contribution in [1.82, 2.24) is 9.21 Å². The highest BCUT2D eigenvalue weighted by molar-refractivity contribution is 7.89. The SMILES string of the molecule is CN1CCN(S(=O)(=O)CCCCCl)CC1(C)C. The molecule has 0 atom stereocenters. The van der Waals surface area contributed by atoms with Crippen molar-refractivity contribution in [2.75, 3.05) is 38.3 Å². The van der Waals surface area contributed by atoms with E-state index in [1.165, 1.54) is 0 Å². The average Bonchev–Trinajstić information content (AvgIpc) is 2.22. The molecule has 0 radical (unpaired) electrons. The molecule has 0 aromatic rings. The van der Waals surface area contributed by atoms with Gasteiger partial charge in [0.2, 0.25) is 10.0 Å². The highest BCUT2D eigenvalue weighted by Gasteiger charge is 2.35. The number of piperazine rings is 1. The summed E-state index contributed by atoms with van der Waals surface area (Å²) >= 11 is 5.57. The van der Waals surface area contributed by atoms with Gasteiger partial charge < -0.3 is 0 Å². The standard InChI is InChI=1S/C11H23ClN2O2S/c1-11(2)10-14(8-7-13(11)3)17(15,16)9-5-4-6-12/h4-10H2,1-3H3. The molecule has 0 aromatic carbocycles. The first-order chi connectivity index (χ1) is 7.79. The normalized spacial score (nSPS) is 22.8. The molecule has 1 saturated heterocycles. The minimum atomic E-state index is -3.10. The van der Waals surface area contributed by atoms with Gasteiger partial charge in [-0.3, -0.25) is 4.90 Å². The predicted octanol–water partition coefficient (Wildman–Crippen LogP) is 1.36. The molecule has 1 aliphatic rings. The summed E-state index contributed by atoms with van der Waals surface area (Å²) in [6.07, 6.45) is 1.41. The highest BCUT2D eigenvalue weighted by atomic mass is 35.5. The molecule has 102 valence electrons. The van der Waals surface area contributed by atoms with E-state index >= 15 is 0 Å². The lowest BCUT2D eigenvalue weighted by molar-refractivity contribution is 0.0801. The Morgan fingerprint density at radius 3 is 2.41 bits per heavy atom. The molecule has 6 heteroatoms. The Balaban J connectivity index is 2.61. The highest BCUT2D eigenvalue weighted by Crippen LogP contribution is 2.21. The molecule has 1 rings (SSSR count). The molecular formula is C11H23ClN2O2S. The van der Waals surface area contributed by atoms with Gasteiger partial charge in [-0.1, -0.05) is 0 Å². The number of alkyl halides is 1. The summed E-state index contributed by atoms with van der Waals surface area (Å²) in [5.74, 6) is 0.753. The zero-order valence-electron chi connectivity index (χ0n) is 10.9. The molecular weight excluding hydrogens is 260 g/mol. The first-order valence-electron chi connectivity index (χ1n) is 6.04. The fourth-order valence-corrected chi connectivity index (χ4v) is 3.83. The topological polar surface area (TPSA) is 40.6 Å². The molecule has 0 unspecified atom stereocenters. The van der Waals surface area contributed by atoms with E-state index in [-0.39, 0.29) is 11.3 Å². The fourth-order valence-electron chi connectivity index (χ4n) is 1.94. The van der Waals surface area contributed by atoms with Crippen molar-refractivity contribution in [2.24, 2.45) is 0 Å². The summed E-state index contributed by atoms with van der Waals surface area (Å²) in [7, 11) is -1.06. The Bertz CT molecular complexity index is 343. The second-order valence-corrected chi connectivity index (χ2v) is 7.75. The maximum absolute atomic E-state index is 12.1. The molecule has 4 nitrogen and oxygen atoms in total. The van der Waals surface area contributed by atoms with Gasteiger partial charge in [0, 0.05) is 31.1 Å². The van der Waals surface area contributed by atoms with Crippen LogP contribution in [0.15, 0.2) is 0 Å². The van der Waals surface area contributed by atoms with Crippen LogP contribution in [0.4, 0.5) is 0 Å². The number of hydrogen-bond acceptors (Lipinski definition) is 3. The van der Waals surface area contributed by atoms with Crippen LogP contribution in [0.25, 0.3) is 0 Å². The minimum absolute atomic E-state index is 0.0855. The number of hydrogen-bond donors (Lipinski definition) is 0. The first-order valence-corrected chi connectivity index (χ1v) is 8.19. The van der Waals surface area contributed by atoms with Crippen molar-refractivity contribution in [3.63, 3.8) is 0 Å². The Kier molecular flexibility index (Phi) is 5.25. The summed E-state index contributed by atoms with van der Waals surface area (Å²) in [6, 6.07) is 0. The van der Waals surface area contributed by atoms with Gasteiger partial charge in [-0.2, -0.15) is 4.31 Å². The third kappa shape index (κ3) is 4.09. The lowest BCUT2D eigenvalue weighted by Crippen LogP contribution is -2.59. The third-order valence-electron chi connectivity index (χ3n) is 3.46. The van der Waals surface area contributed by atoms with Crippen LogP contribution in [0.5, 0.6) is 0 Å². The van der Waals surface area contributed by atoms with Gasteiger partial charge >= 0.3 is 0 Å². The molecule has 0 aliphatic carbocycles. The maximum atomic E-state index is 12.1. The van der Waals surface area contributed by atoms with Crippen LogP contribution in [0.2, 0.25) is 0 Å². The van der Waals surface area contributed by atoms with Gasteiger partial charge in [0.05, 0.1) is 5.75 Å². The van der Waals surface area contributed by atoms with Crippen LogP contribution in [-0.2, 0) is 10.0 Å². The number of likely N-dealkylation sites (N-methyl/N-ethyl adjacent to an activating group) is 1. The summed E-state index contributed by atoms with van der Waals surface area (Å²) in [6.45, 7) is 6.12. The first kappa shape index (κ1) is 15.2. The Morgan fingerprint density at radius 2 is 1.88 bits per heavy atom. The van der Waals surface area contributed by atoms with E-state index in [2.05, 4.69) is 18.7 Å². The van der Waals surface area contributed by atoms with E-state index in [9.17, 15) is 8.42 Å². The predicted molar refractivity (Wildman–Crippen MR) is 72.0 cm³/mol. The molecule has 0 N–H and O–H groups in total. The van der Waals surface area contributed by atoms with Crippen LogP contribution < -0.4 is 0 Å². The maximum Gasteiger partial charge on any atom is 0.214 e. The number of halogens is 1. The molecule has 0 bridgehead atoms. The summed E-state index contributed by atoms with van der Waals surface area (Å²) in [4.78, 5) is 2.21. The zero-order chi connectivity index (χ0) is 13.1. The third-order valence-corrected chi connectivity index (χ3v) is 5.63. The van der Waals surface area contributed by atoms with Crippen LogP contribution in [0.1, 0.15) is 26.7 Å². The summed E-state index contributed by atoms with van der Waals surface area (Å²) in [5, 5.41) is 0. The van der Waals surface area contributed by atoms with Crippen LogP contribution in [0, 0.1) is 0 Å². The largest absolute Gasteiger partial charge is 0.299 e. The van der Waals surface area contributed by atoms with E-state index < -0.39 is 10.0 Å². The quantitative estimate of drug-likeness (QED) is 0.565. The molecule has 1 heterocycles. The smallest absolute Gasteiger partial charge is 0.214 e. The van der Waals surface area contributed by atoms with Crippen molar-refractivity contribution < 1.29 is 8.42 Å². The van der Waals surface area contributed by atoms with Crippen molar-refractivity contribution in [1.29, 1.82) is 0 Å². The number of unbranched alkanes of at least 4 members (excludes halogenated alkanes) is 1. The van der Waals surface area contributed by atoms with Gasteiger partial charge in [-0.05, 0) is 33.7 Å². The number of nitrogens with zero attached hydrogens (tertiary/aromatic N) is 2. The molecule has 1 aliphatic heterocycles. The van der Waals surface area contributed by atoms with E-state index in [4.69, 9.17) is 11.6 Å². The van der Waals surface area contributed by atoms with Crippen LogP contribution in [-0.4, -0.2) is 61.5 Å². The van der Waals surface area contributed by atoms with Crippen molar-refractivity contribution in [3.05, 3.63) is 0 Å². The Morgan fingerprint density at radius 1 is 1.24 bits per heavy atom. The molecule has 0 saturated carbocycles.